The normalized spacial score (nSPS) is 18.6. The molecule has 3 heterocycles. The number of carbonyl (C=O) groups is 10. The van der Waals surface area contributed by atoms with Gasteiger partial charge >= 0.3 is 41.8 Å². The first-order chi connectivity index (χ1) is 47.9. The number of nitrogens with one attached hydrogen (secondary N) is 1. The number of phenols is 3. The number of phenolic OH excluding ortho intramolecular Hbond substituents is 3. The van der Waals surface area contributed by atoms with Gasteiger partial charge in [0.2, 0.25) is 17.7 Å². The third-order valence-corrected chi connectivity index (χ3v) is 20.9. The Balaban J connectivity index is 1.42. The quantitative estimate of drug-likeness (QED) is 0.00726. The van der Waals surface area contributed by atoms with Gasteiger partial charge in [0.05, 0.1) is 84.0 Å². The van der Waals surface area contributed by atoms with Crippen LogP contribution in [0.2, 0.25) is 0 Å². The number of hydrogen-bond donors (Lipinski definition) is 7. The summed E-state index contributed by atoms with van der Waals surface area (Å²) in [5.74, 6) is -25.5. The molecule has 103 heavy (non-hydrogen) atoms. The number of aromatic hydroxyl groups is 3. The van der Waals surface area contributed by atoms with Gasteiger partial charge in [-0.05, 0) is 162 Å². The molecule has 10 unspecified atom stereocenters. The van der Waals surface area contributed by atoms with Crippen molar-refractivity contribution < 1.29 is 97.5 Å². The van der Waals surface area contributed by atoms with Crippen LogP contribution in [0.5, 0.6) is 28.7 Å². The number of rotatable bonds is 37. The van der Waals surface area contributed by atoms with Crippen molar-refractivity contribution in [1.29, 1.82) is 0 Å². The third-order valence-electron chi connectivity index (χ3n) is 20.9. The number of carbonyl (C=O) groups excluding carboxylic acids is 7. The van der Waals surface area contributed by atoms with E-state index in [1.807, 2.05) is 38.0 Å². The Morgan fingerprint density at radius 1 is 0.592 bits per heavy atom. The fourth-order valence-corrected chi connectivity index (χ4v) is 15.5. The highest BCUT2D eigenvalue weighted by Gasteiger charge is 2.60. The second-order valence-electron chi connectivity index (χ2n) is 31.5. The van der Waals surface area contributed by atoms with Crippen LogP contribution in [0.3, 0.4) is 0 Å². The van der Waals surface area contributed by atoms with E-state index in [9.17, 15) is 59.4 Å². The zero-order valence-electron chi connectivity index (χ0n) is 62.6. The number of esters is 4. The zero-order valence-corrected chi connectivity index (χ0v) is 62.6. The first-order valence-corrected chi connectivity index (χ1v) is 34.9. The Kier molecular flexibility index (Phi) is 27.0. The molecular weight excluding hydrogens is 1330 g/mol. The average Bonchev–Trinajstić information content (AvgIpc) is 1.65. The van der Waals surface area contributed by atoms with Gasteiger partial charge in [-0.3, -0.25) is 52.8 Å². The zero-order chi connectivity index (χ0) is 77.3. The van der Waals surface area contributed by atoms with Gasteiger partial charge in [0.15, 0.2) is 17.5 Å². The van der Waals surface area contributed by atoms with Gasteiger partial charge in [0.25, 0.3) is 0 Å². The summed E-state index contributed by atoms with van der Waals surface area (Å²) >= 11 is 0. The van der Waals surface area contributed by atoms with Gasteiger partial charge in [0.1, 0.15) is 28.7 Å². The Labute approximate surface area is 602 Å². The SMILES string of the molecule is CCOC(=O)C(C(CC(C)(C)C1C(=O)OC(=O)C1C)C(=O)O)C(C)(C)CC(C(=O)O)C(C(=O)NCCCN(C)C)C(C)(C)CC1C(=O)N(CCCN(C)C)C(=O)C1C(C)(C)CC(C(=O)O)C(C(=O)Oc1ccc(-c2nc(-c3ccc(OC)cc3)nc(-c3ccc(O)cc3O)n2)c(O)c1)C(C)(C)CC. The minimum absolute atomic E-state index is 0.0271. The van der Waals surface area contributed by atoms with Crippen molar-refractivity contribution in [1.82, 2.24) is 35.0 Å². The molecule has 10 atom stereocenters. The van der Waals surface area contributed by atoms with Crippen LogP contribution in [0.4, 0.5) is 0 Å². The van der Waals surface area contributed by atoms with Crippen molar-refractivity contribution in [2.24, 2.45) is 86.3 Å². The molecule has 3 amide bonds. The number of hydrogen-bond acceptors (Lipinski definition) is 22. The summed E-state index contributed by atoms with van der Waals surface area (Å²) in [6.07, 6.45) is -0.754. The molecule has 2 fully saturated rings. The molecule has 3 aromatic carbocycles. The summed E-state index contributed by atoms with van der Waals surface area (Å²) in [4.78, 5) is 162. The number of ether oxygens (including phenoxy) is 4. The maximum Gasteiger partial charge on any atom is 0.318 e. The summed E-state index contributed by atoms with van der Waals surface area (Å²) in [5.41, 5.74) is -6.58. The molecule has 27 nitrogen and oxygen atoms in total. The monoisotopic (exact) mass is 1440 g/mol. The van der Waals surface area contributed by atoms with Crippen LogP contribution < -0.4 is 14.8 Å². The lowest BCUT2D eigenvalue weighted by molar-refractivity contribution is -0.168. The number of benzene rings is 3. The maximum absolute atomic E-state index is 15.5. The van der Waals surface area contributed by atoms with Gasteiger partial charge in [-0.15, -0.1) is 0 Å². The van der Waals surface area contributed by atoms with Gasteiger partial charge in [-0.2, -0.15) is 0 Å². The lowest BCUT2D eigenvalue weighted by Crippen LogP contribution is -2.51. The molecule has 2 saturated heterocycles. The second-order valence-corrected chi connectivity index (χ2v) is 31.5. The molecule has 564 valence electrons. The molecular formula is C76H105N7O20. The van der Waals surface area contributed by atoms with Crippen LogP contribution in [-0.2, 0) is 57.4 Å². The van der Waals surface area contributed by atoms with Crippen LogP contribution in [0.15, 0.2) is 60.7 Å². The molecule has 1 aromatic heterocycles. The first kappa shape index (κ1) is 82.8. The number of cyclic esters (lactones) is 2. The molecule has 0 aliphatic carbocycles. The molecule has 27 heteroatoms. The minimum atomic E-state index is -1.75. The van der Waals surface area contributed by atoms with Crippen LogP contribution in [-0.4, -0.2) is 188 Å². The van der Waals surface area contributed by atoms with E-state index in [1.54, 1.807) is 86.6 Å². The second kappa shape index (κ2) is 33.6. The van der Waals surface area contributed by atoms with Gasteiger partial charge in [0, 0.05) is 30.8 Å². The van der Waals surface area contributed by atoms with Crippen molar-refractivity contribution in [2.75, 3.05) is 68.1 Å². The number of imide groups is 1. The molecule has 2 aliphatic rings. The number of carboxylic acid groups (broad SMARTS) is 3. The Morgan fingerprint density at radius 2 is 1.09 bits per heavy atom. The summed E-state index contributed by atoms with van der Waals surface area (Å²) in [5, 5.41) is 69.9. The Bertz CT molecular complexity index is 3790. The molecule has 0 bridgehead atoms. The summed E-state index contributed by atoms with van der Waals surface area (Å²) < 4.78 is 21.9. The fraction of sp³-hybridized carbons (Fsp3) is 0.592. The molecule has 2 aliphatic heterocycles. The van der Waals surface area contributed by atoms with Crippen molar-refractivity contribution >= 4 is 59.5 Å². The predicted octanol–water partition coefficient (Wildman–Crippen LogP) is 9.48. The minimum Gasteiger partial charge on any atom is -0.508 e. The highest BCUT2D eigenvalue weighted by molar-refractivity contribution is 6.05. The smallest absolute Gasteiger partial charge is 0.318 e. The average molecular weight is 1440 g/mol. The number of amides is 3. The van der Waals surface area contributed by atoms with E-state index in [4.69, 9.17) is 18.9 Å². The maximum atomic E-state index is 15.5. The molecule has 7 N–H and O–H groups in total. The van der Waals surface area contributed by atoms with Crippen molar-refractivity contribution in [3.05, 3.63) is 60.7 Å². The van der Waals surface area contributed by atoms with Crippen LogP contribution in [0.1, 0.15) is 135 Å². The van der Waals surface area contributed by atoms with Gasteiger partial charge < -0.3 is 64.7 Å². The van der Waals surface area contributed by atoms with E-state index in [0.717, 1.165) is 17.0 Å². The number of nitrogens with zero attached hydrogens (tertiary/aromatic N) is 6. The van der Waals surface area contributed by atoms with E-state index in [0.29, 0.717) is 37.2 Å². The van der Waals surface area contributed by atoms with E-state index in [2.05, 4.69) is 20.3 Å². The standard InChI is InChI=1S/C76H105N7O20/c1-19-72(4,5)58(71(99)102-45-28-30-47(53(86)36-45)61-79-59(42-23-26-44(100-18)27-24-42)78-60(80-61)46-29-25-43(84)35-52(46)85)51(67(94)95)40-75(10,11)56-48(63(88)83(64(56)89)34-22-33-82(16)17)37-74(8,9)55(62(87)77-31-21-32-81(14)15)49(65(90)91)38-76(12,13)57(69(97)101-20-2)50(66(92)93)39-73(6,7)54-41(3)68(96)103-70(54)98/h23-30,35-36,41,48-51,54-58,84-86H,19-22,31-34,37-40H2,1-18H3,(H,77,87)(H,90,91)(H,92,93)(H,94,95). The Hall–Kier alpha value is -9.11. The van der Waals surface area contributed by atoms with Crippen molar-refractivity contribution in [2.45, 2.75) is 135 Å². The van der Waals surface area contributed by atoms with E-state index >= 15 is 19.2 Å². The summed E-state index contributed by atoms with van der Waals surface area (Å²) in [6.45, 7) is 21.5. The summed E-state index contributed by atoms with van der Waals surface area (Å²) in [6, 6.07) is 14.4. The van der Waals surface area contributed by atoms with Gasteiger partial charge in [-0.25, -0.2) is 15.0 Å². The van der Waals surface area contributed by atoms with E-state index in [-0.39, 0.29) is 84.8 Å². The Morgan fingerprint density at radius 3 is 1.57 bits per heavy atom. The highest BCUT2D eigenvalue weighted by atomic mass is 16.6. The molecule has 0 radical (unpaired) electrons. The predicted molar refractivity (Wildman–Crippen MR) is 378 cm³/mol. The van der Waals surface area contributed by atoms with Crippen LogP contribution in [0, 0.1) is 86.3 Å². The lowest BCUT2D eigenvalue weighted by Gasteiger charge is -2.45. The number of aromatic nitrogens is 3. The van der Waals surface area contributed by atoms with Gasteiger partial charge in [-0.1, -0.05) is 89.5 Å². The first-order valence-electron chi connectivity index (χ1n) is 34.9. The van der Waals surface area contributed by atoms with E-state index < -0.39 is 164 Å². The molecule has 0 spiro atoms. The van der Waals surface area contributed by atoms with Crippen molar-refractivity contribution in [3.8, 4) is 62.9 Å². The molecule has 6 rings (SSSR count). The van der Waals surface area contributed by atoms with Crippen LogP contribution >= 0.6 is 0 Å². The summed E-state index contributed by atoms with van der Waals surface area (Å²) in [7, 11) is 8.80. The van der Waals surface area contributed by atoms with Crippen molar-refractivity contribution in [3.63, 3.8) is 0 Å². The third kappa shape index (κ3) is 19.6. The topological polar surface area (TPSA) is 389 Å². The number of carboxylic acids is 3. The number of likely N-dealkylation sites (tertiary alicyclic amines) is 1. The molecule has 0 saturated carbocycles. The molecule has 4 aromatic rings. The largest absolute Gasteiger partial charge is 0.508 e. The highest BCUT2D eigenvalue weighted by Crippen LogP contribution is 2.55. The van der Waals surface area contributed by atoms with Crippen LogP contribution in [0.25, 0.3) is 34.2 Å². The number of methoxy groups -OCH3 is 1. The fourth-order valence-electron chi connectivity index (χ4n) is 15.5. The lowest BCUT2D eigenvalue weighted by atomic mass is 9.57. The van der Waals surface area contributed by atoms with E-state index in [1.165, 1.54) is 59.1 Å². The number of aliphatic carboxylic acids is 3.